The summed E-state index contributed by atoms with van der Waals surface area (Å²) in [4.78, 5) is 0.0679. The van der Waals surface area contributed by atoms with E-state index < -0.39 is 14.6 Å². The van der Waals surface area contributed by atoms with Crippen LogP contribution in [0.3, 0.4) is 0 Å². The fraction of sp³-hybridized carbons (Fsp3) is 0.417. The predicted octanol–water partition coefficient (Wildman–Crippen LogP) is 1.53. The Morgan fingerprint density at radius 3 is 2.44 bits per heavy atom. The monoisotopic (exact) mass is 267 g/mol. The normalized spacial score (nSPS) is 14.9. The van der Waals surface area contributed by atoms with E-state index in [1.807, 2.05) is 0 Å². The minimum Gasteiger partial charge on any atom is -0.486 e. The van der Waals surface area contributed by atoms with Crippen LogP contribution in [0.4, 0.5) is 0 Å². The van der Waals surface area contributed by atoms with Crippen molar-refractivity contribution in [3.05, 3.63) is 18.2 Å². The second-order valence-corrected chi connectivity index (χ2v) is 6.93. The zero-order valence-electron chi connectivity index (χ0n) is 10.1. The minimum atomic E-state index is -3.72. The molecule has 0 amide bonds. The first-order valence-electron chi connectivity index (χ1n) is 5.44. The molecule has 1 aliphatic rings. The van der Waals surface area contributed by atoms with Gasteiger partial charge in [-0.05, 0) is 26.0 Å². The molecule has 1 aromatic rings. The van der Waals surface area contributed by atoms with Gasteiger partial charge in [0, 0.05) is 6.07 Å². The first kappa shape index (κ1) is 12.7. The first-order chi connectivity index (χ1) is 8.38. The van der Waals surface area contributed by atoms with E-state index in [0.717, 1.165) is 0 Å². The number of nitrogens with zero attached hydrogens (tertiary/aromatic N) is 1. The summed E-state index contributed by atoms with van der Waals surface area (Å²) < 4.78 is 33.7. The van der Waals surface area contributed by atoms with Crippen LogP contribution in [0.25, 0.3) is 0 Å². The van der Waals surface area contributed by atoms with Gasteiger partial charge in [-0.1, -0.05) is 0 Å². The van der Waals surface area contributed by atoms with Crippen molar-refractivity contribution in [3.63, 3.8) is 0 Å². The van der Waals surface area contributed by atoms with Gasteiger partial charge in [0.1, 0.15) is 13.2 Å². The van der Waals surface area contributed by atoms with Gasteiger partial charge in [0.25, 0.3) is 0 Å². The van der Waals surface area contributed by atoms with Gasteiger partial charge in [-0.25, -0.2) is 8.42 Å². The molecule has 96 valence electrons. The molecule has 0 aliphatic carbocycles. The molecule has 1 aromatic carbocycles. The van der Waals surface area contributed by atoms with Crippen molar-refractivity contribution in [2.24, 2.45) is 0 Å². The number of rotatable bonds is 2. The summed E-state index contributed by atoms with van der Waals surface area (Å²) >= 11 is 0. The van der Waals surface area contributed by atoms with Gasteiger partial charge in [-0.2, -0.15) is 5.26 Å². The van der Waals surface area contributed by atoms with Crippen LogP contribution in [0.1, 0.15) is 13.8 Å². The van der Waals surface area contributed by atoms with Gasteiger partial charge >= 0.3 is 0 Å². The maximum atomic E-state index is 12.3. The van der Waals surface area contributed by atoms with Crippen LogP contribution in [-0.2, 0) is 9.84 Å². The highest BCUT2D eigenvalue weighted by Gasteiger charge is 2.36. The molecule has 0 radical (unpaired) electrons. The van der Waals surface area contributed by atoms with Crippen LogP contribution in [0.2, 0.25) is 0 Å². The Hall–Kier alpha value is -1.74. The van der Waals surface area contributed by atoms with Crippen LogP contribution in [0, 0.1) is 11.3 Å². The molecule has 5 nitrogen and oxygen atoms in total. The Balaban J connectivity index is 2.51. The lowest BCUT2D eigenvalue weighted by Crippen LogP contribution is -2.30. The molecule has 0 unspecified atom stereocenters. The number of nitriles is 1. The molecule has 0 saturated heterocycles. The summed E-state index contributed by atoms with van der Waals surface area (Å²) in [6.07, 6.45) is 0. The number of ether oxygens (including phenoxy) is 2. The molecular weight excluding hydrogens is 254 g/mol. The molecular formula is C12H13NO4S. The molecule has 6 heteroatoms. The number of sulfone groups is 1. The predicted molar refractivity (Wildman–Crippen MR) is 64.3 cm³/mol. The Kier molecular flexibility index (Phi) is 2.95. The van der Waals surface area contributed by atoms with Crippen molar-refractivity contribution in [3.8, 4) is 17.6 Å². The highest BCUT2D eigenvalue weighted by atomic mass is 32.2. The quantitative estimate of drug-likeness (QED) is 0.812. The van der Waals surface area contributed by atoms with Gasteiger partial charge in [0.15, 0.2) is 26.1 Å². The Morgan fingerprint density at radius 2 is 1.83 bits per heavy atom. The van der Waals surface area contributed by atoms with E-state index in [0.29, 0.717) is 24.7 Å². The van der Waals surface area contributed by atoms with E-state index in [2.05, 4.69) is 0 Å². The van der Waals surface area contributed by atoms with Crippen LogP contribution in [-0.4, -0.2) is 26.4 Å². The summed E-state index contributed by atoms with van der Waals surface area (Å²) in [6, 6.07) is 6.19. The molecule has 0 atom stereocenters. The lowest BCUT2D eigenvalue weighted by molar-refractivity contribution is 0.171. The standard InChI is InChI=1S/C12H13NO4S/c1-12(2,8-13)18(14,15)9-3-4-10-11(7-9)17-6-5-16-10/h3-4,7H,5-6H2,1-2H3. The van der Waals surface area contributed by atoms with Crippen LogP contribution < -0.4 is 9.47 Å². The molecule has 0 N–H and O–H groups in total. The van der Waals surface area contributed by atoms with E-state index >= 15 is 0 Å². The Morgan fingerprint density at radius 1 is 1.22 bits per heavy atom. The third-order valence-electron chi connectivity index (χ3n) is 2.77. The second kappa shape index (κ2) is 4.18. The summed E-state index contributed by atoms with van der Waals surface area (Å²) in [6.45, 7) is 3.58. The van der Waals surface area contributed by atoms with Crippen molar-refractivity contribution in [1.82, 2.24) is 0 Å². The molecule has 0 fully saturated rings. The van der Waals surface area contributed by atoms with Gasteiger partial charge in [-0.3, -0.25) is 0 Å². The lowest BCUT2D eigenvalue weighted by Gasteiger charge is -2.21. The van der Waals surface area contributed by atoms with E-state index in [4.69, 9.17) is 14.7 Å². The van der Waals surface area contributed by atoms with E-state index in [1.165, 1.54) is 26.0 Å². The molecule has 2 rings (SSSR count). The summed E-state index contributed by atoms with van der Waals surface area (Å²) in [5, 5.41) is 8.94. The number of hydrogen-bond acceptors (Lipinski definition) is 5. The summed E-state index contributed by atoms with van der Waals surface area (Å²) in [7, 11) is -3.72. The molecule has 18 heavy (non-hydrogen) atoms. The zero-order chi connectivity index (χ0) is 13.4. The molecule has 1 aliphatic heterocycles. The summed E-state index contributed by atoms with van der Waals surface area (Å²) in [5.41, 5.74) is 0. The van der Waals surface area contributed by atoms with Gasteiger partial charge in [0.05, 0.1) is 11.0 Å². The largest absolute Gasteiger partial charge is 0.486 e. The maximum Gasteiger partial charge on any atom is 0.196 e. The number of benzene rings is 1. The fourth-order valence-electron chi connectivity index (χ4n) is 1.55. The maximum absolute atomic E-state index is 12.3. The molecule has 0 bridgehead atoms. The smallest absolute Gasteiger partial charge is 0.196 e. The number of fused-ring (bicyclic) bond motifs is 1. The number of hydrogen-bond donors (Lipinski definition) is 0. The third kappa shape index (κ3) is 1.91. The minimum absolute atomic E-state index is 0.0679. The van der Waals surface area contributed by atoms with Crippen molar-refractivity contribution < 1.29 is 17.9 Å². The van der Waals surface area contributed by atoms with Crippen molar-refractivity contribution in [2.75, 3.05) is 13.2 Å². The van der Waals surface area contributed by atoms with Crippen LogP contribution in [0.5, 0.6) is 11.5 Å². The van der Waals surface area contributed by atoms with Crippen LogP contribution in [0.15, 0.2) is 23.1 Å². The van der Waals surface area contributed by atoms with Crippen molar-refractivity contribution in [1.29, 1.82) is 5.26 Å². The Labute approximate surface area is 106 Å². The van der Waals surface area contributed by atoms with E-state index in [-0.39, 0.29) is 4.90 Å². The lowest BCUT2D eigenvalue weighted by atomic mass is 10.2. The topological polar surface area (TPSA) is 76.4 Å². The van der Waals surface area contributed by atoms with Gasteiger partial charge in [0.2, 0.25) is 0 Å². The SMILES string of the molecule is CC(C)(C#N)S(=O)(=O)c1ccc2c(c1)OCCO2. The Bertz CT molecular complexity index is 613. The van der Waals surface area contributed by atoms with Gasteiger partial charge < -0.3 is 9.47 Å². The first-order valence-corrected chi connectivity index (χ1v) is 6.92. The zero-order valence-corrected chi connectivity index (χ0v) is 11.0. The highest BCUT2D eigenvalue weighted by Crippen LogP contribution is 2.35. The molecule has 0 saturated carbocycles. The molecule has 0 aromatic heterocycles. The van der Waals surface area contributed by atoms with Crippen molar-refractivity contribution in [2.45, 2.75) is 23.5 Å². The second-order valence-electron chi connectivity index (χ2n) is 4.43. The fourth-order valence-corrected chi connectivity index (χ4v) is 2.76. The average Bonchev–Trinajstić information content (AvgIpc) is 2.37. The van der Waals surface area contributed by atoms with Crippen LogP contribution >= 0.6 is 0 Å². The van der Waals surface area contributed by atoms with Gasteiger partial charge in [-0.15, -0.1) is 0 Å². The third-order valence-corrected chi connectivity index (χ3v) is 5.07. The highest BCUT2D eigenvalue weighted by molar-refractivity contribution is 7.93. The molecule has 0 spiro atoms. The molecule has 1 heterocycles. The average molecular weight is 267 g/mol. The van der Waals surface area contributed by atoms with E-state index in [1.54, 1.807) is 12.1 Å². The van der Waals surface area contributed by atoms with E-state index in [9.17, 15) is 8.42 Å². The summed E-state index contributed by atoms with van der Waals surface area (Å²) in [5.74, 6) is 0.922. The van der Waals surface area contributed by atoms with Crippen molar-refractivity contribution >= 4 is 9.84 Å².